The number of carboxylic acids is 1. The van der Waals surface area contributed by atoms with Crippen LogP contribution in [0.3, 0.4) is 0 Å². The molecule has 2 heterocycles. The predicted octanol–water partition coefficient (Wildman–Crippen LogP) is -3.49. The Balaban J connectivity index is 0.000000871. The number of aliphatic hydroxyl groups is 6. The molecule has 39 heteroatoms. The van der Waals surface area contributed by atoms with Gasteiger partial charge in [-0.15, -0.1) is 0 Å². The largest absolute Gasteiger partial charge is 1.00 e. The number of aliphatic carboxylic acids is 1. The van der Waals surface area contributed by atoms with Crippen molar-refractivity contribution < 1.29 is 205 Å². The molecular weight excluding hydrogens is 1710 g/mol. The average molecular weight is 1840 g/mol. The van der Waals surface area contributed by atoms with E-state index in [9.17, 15) is 74.1 Å². The van der Waals surface area contributed by atoms with Crippen molar-refractivity contribution in [2.75, 3.05) is 188 Å². The van der Waals surface area contributed by atoms with Crippen molar-refractivity contribution >= 4 is 71.1 Å². The number of hydrogen-bond donors (Lipinski definition) is 11. The van der Waals surface area contributed by atoms with Crippen molar-refractivity contribution in [3.63, 3.8) is 0 Å². The zero-order valence-corrected chi connectivity index (χ0v) is 79.2. The number of ether oxygens (including phenoxy) is 14. The summed E-state index contributed by atoms with van der Waals surface area (Å²) < 4.78 is 77.5. The van der Waals surface area contributed by atoms with Crippen molar-refractivity contribution in [2.45, 2.75) is 164 Å². The molecule has 698 valence electrons. The van der Waals surface area contributed by atoms with Gasteiger partial charge in [0.1, 0.15) is 36.2 Å². The molecule has 0 saturated carbocycles. The molecule has 2 aliphatic heterocycles. The quantitative estimate of drug-likeness (QED) is 0.0116. The molecule has 0 bridgehead atoms. The number of carboxylic acid groups (broad SMARTS) is 1. The van der Waals surface area contributed by atoms with E-state index in [1.54, 1.807) is 78.3 Å². The van der Waals surface area contributed by atoms with E-state index >= 15 is 0 Å². The van der Waals surface area contributed by atoms with E-state index in [0.29, 0.717) is 212 Å². The Labute approximate surface area is 791 Å². The zero-order valence-electron chi connectivity index (χ0n) is 73.6. The normalized spacial score (nSPS) is 19.3. The van der Waals surface area contributed by atoms with Crippen LogP contribution in [0.2, 0.25) is 0 Å². The van der Waals surface area contributed by atoms with Gasteiger partial charge >= 0.3 is 59.1 Å². The Morgan fingerprint density at radius 2 is 0.825 bits per heavy atom. The van der Waals surface area contributed by atoms with Crippen molar-refractivity contribution in [1.82, 2.24) is 26.6 Å². The van der Waals surface area contributed by atoms with Crippen LogP contribution in [0.5, 0.6) is 0 Å². The first-order valence-corrected chi connectivity index (χ1v) is 44.3. The van der Waals surface area contributed by atoms with E-state index in [4.69, 9.17) is 66.3 Å². The first kappa shape index (κ1) is 117. The number of carbonyl (C=O) groups is 7. The number of benzene rings is 4. The smallest absolute Gasteiger partial charge is 0.870 e. The maximum absolute atomic E-state index is 12.9. The van der Waals surface area contributed by atoms with Crippen LogP contribution in [0.1, 0.15) is 113 Å². The fourth-order valence-electron chi connectivity index (χ4n) is 12.6. The van der Waals surface area contributed by atoms with E-state index in [1.807, 2.05) is 74.5 Å². The van der Waals surface area contributed by atoms with Gasteiger partial charge in [0.15, 0.2) is 0 Å². The number of nitrogens with one attached hydrogen (secondary N) is 5. The second-order valence-electron chi connectivity index (χ2n) is 28.6. The van der Waals surface area contributed by atoms with E-state index in [0.717, 1.165) is 34.4 Å². The minimum atomic E-state index is -2.51. The fourth-order valence-corrected chi connectivity index (χ4v) is 14.1. The Hall–Kier alpha value is -5.10. The molecule has 126 heavy (non-hydrogen) atoms. The number of Topliss-reactive ketones (excluding diaryl/α,β-unsaturated/α-hetero) is 1. The molecule has 0 radical (unpaired) electrons. The van der Waals surface area contributed by atoms with Crippen molar-refractivity contribution in [3.05, 3.63) is 120 Å². The summed E-state index contributed by atoms with van der Waals surface area (Å²) >= 11 is 3.17. The van der Waals surface area contributed by atoms with Crippen LogP contribution in [0.4, 0.5) is 0 Å². The summed E-state index contributed by atoms with van der Waals surface area (Å²) in [4.78, 5) is 98.1. The molecule has 0 unspecified atom stereocenters. The third-order valence-electron chi connectivity index (χ3n) is 19.0. The summed E-state index contributed by atoms with van der Waals surface area (Å²) in [5.41, 5.74) is 4.42. The SMILES string of the molecule is CCOCCCC(=O)CCCCC(=O)NCCOCCOCCOCCOCCOCCSCCCO[C@]1(C(=O)[O-])C[C@H](O)[C@@H](NC(C)=O)[C@H]([C@H](O)[C@H](O)CNC(=O)c2ccc(-c3ccccc3)cc2)O1.CCOCCOCCOCCOCCSCCCO[C@]1([C-]=O)C[C@H](O)[C@@H](NC(C)=O)[C@H]([C@H](O)[C@H](O)CNC(=O)c2ccc(-c3ccccc3)cc2)O1.[Na+].[Na+].[OH-]. The van der Waals surface area contributed by atoms with Gasteiger partial charge in [0.2, 0.25) is 23.5 Å². The molecule has 35 nitrogen and oxygen atoms in total. The van der Waals surface area contributed by atoms with Crippen LogP contribution in [0.25, 0.3) is 22.3 Å². The number of rotatable bonds is 67. The minimum Gasteiger partial charge on any atom is -0.870 e. The van der Waals surface area contributed by atoms with E-state index < -0.39 is 115 Å². The first-order valence-electron chi connectivity index (χ1n) is 42.0. The molecular formula is C87H130N5Na2O30S2-. The zero-order chi connectivity index (χ0) is 89.1. The van der Waals surface area contributed by atoms with Crippen LogP contribution >= 0.6 is 23.5 Å². The van der Waals surface area contributed by atoms with Gasteiger partial charge < -0.3 is 144 Å². The van der Waals surface area contributed by atoms with E-state index in [-0.39, 0.29) is 102 Å². The van der Waals surface area contributed by atoms with Crippen molar-refractivity contribution in [1.29, 1.82) is 0 Å². The number of unbranched alkanes of at least 4 members (excludes halogenated alkanes) is 1. The van der Waals surface area contributed by atoms with Gasteiger partial charge in [0.05, 0.1) is 161 Å². The van der Waals surface area contributed by atoms with Gasteiger partial charge in [0, 0.05) is 115 Å². The second kappa shape index (κ2) is 70.6. The number of hydrogen-bond acceptors (Lipinski definition) is 32. The topological polar surface area (TPSA) is 500 Å². The summed E-state index contributed by atoms with van der Waals surface area (Å²) in [5.74, 6) is -5.74. The number of ketones is 1. The Bertz CT molecular complexity index is 3570. The summed E-state index contributed by atoms with van der Waals surface area (Å²) in [6.07, 6.45) is -7.90. The van der Waals surface area contributed by atoms with Crippen molar-refractivity contribution in [3.8, 4) is 22.3 Å². The number of aliphatic hydroxyl groups excluding tert-OH is 6. The van der Waals surface area contributed by atoms with Crippen LogP contribution in [0, 0.1) is 0 Å². The van der Waals surface area contributed by atoms with Gasteiger partial charge in [-0.3, -0.25) is 28.8 Å². The third-order valence-corrected chi connectivity index (χ3v) is 21.0. The summed E-state index contributed by atoms with van der Waals surface area (Å²) in [7, 11) is 0. The minimum absolute atomic E-state index is 0. The Morgan fingerprint density at radius 3 is 1.25 bits per heavy atom. The molecule has 4 aromatic carbocycles. The molecule has 4 aromatic rings. The van der Waals surface area contributed by atoms with Gasteiger partial charge in [-0.05, 0) is 104 Å². The monoisotopic (exact) mass is 1830 g/mol. The first-order chi connectivity index (χ1) is 59.6. The number of amides is 5. The molecule has 2 fully saturated rings. The molecule has 6 rings (SSSR count). The van der Waals surface area contributed by atoms with Crippen LogP contribution < -0.4 is 90.8 Å². The molecule has 0 spiro atoms. The molecule has 5 amide bonds. The van der Waals surface area contributed by atoms with Crippen molar-refractivity contribution in [2.24, 2.45) is 0 Å². The second-order valence-corrected chi connectivity index (χ2v) is 31.0. The number of thioether (sulfide) groups is 2. The molecule has 12 atom stereocenters. The maximum atomic E-state index is 12.9. The molecule has 2 saturated heterocycles. The number of carbonyl (C=O) groups excluding carboxylic acids is 8. The van der Waals surface area contributed by atoms with Gasteiger partial charge in [-0.1, -0.05) is 84.9 Å². The van der Waals surface area contributed by atoms with E-state index in [1.165, 1.54) is 13.8 Å². The summed E-state index contributed by atoms with van der Waals surface area (Å²) in [6.45, 7) is 15.3. The third kappa shape index (κ3) is 47.8. The van der Waals surface area contributed by atoms with Gasteiger partial charge in [0.25, 0.3) is 11.8 Å². The molecule has 12 N–H and O–H groups in total. The van der Waals surface area contributed by atoms with Gasteiger partial charge in [-0.2, -0.15) is 23.5 Å². The van der Waals surface area contributed by atoms with E-state index in [2.05, 4.69) is 26.6 Å². The van der Waals surface area contributed by atoms with Gasteiger partial charge in [-0.25, -0.2) is 6.29 Å². The summed E-state index contributed by atoms with van der Waals surface area (Å²) in [6, 6.07) is 30.4. The fraction of sp³-hybridized carbons (Fsp3) is 0.632. The van der Waals surface area contributed by atoms with Crippen LogP contribution in [-0.4, -0.2) is 344 Å². The molecule has 0 aromatic heterocycles. The molecule has 2 aliphatic rings. The van der Waals surface area contributed by atoms with Crippen LogP contribution in [-0.2, 0) is 95.1 Å². The Kier molecular flexibility index (Phi) is 65.6. The van der Waals surface area contributed by atoms with Crippen LogP contribution in [0.15, 0.2) is 109 Å². The average Bonchev–Trinajstić information content (AvgIpc) is 0.780. The standard InChI is InChI=1S/C50H77N3O17S.C37H53N2O12S.2Na.H2O/c1-3-63-21-9-14-41(55)13-7-8-15-44(58)51-20-23-64-24-25-65-26-27-66-28-29-67-30-31-68-32-34-71-33-10-22-69-50(49(61)62)35-42(56)45(53-37(2)54)47(70-50)46(59)43(57)36-52-48(60)40-18-16-39(17-19-40)38-11-5-4-6-12-38;1-3-46-15-16-47-17-18-48-19-20-49-21-23-52-22-7-14-50-37(26-40)24-31(42)33(39-27(2)41)35(51-37)34(44)32(43)25-38-36(45)30-12-10-29(11-13-30)28-8-5-4-6-9-28;;;/h4-6,11-12,16-19,42-43,45-47,56-57,59H,3,7-10,13-15,20-36H2,1-2H3,(H,51,58)(H,52,60)(H,53,54)(H,61,62);4-6,8-13,31-35,42-44H,3,7,14-25H2,1-2H3,(H,38,45)(H,39,41);;;1H2/q;-1;2*+1;/p-2/t42-,43+,45+,46+,47+,50+;31-,32+,33+,34+,35+,37+;;;/m00.../s1. The summed E-state index contributed by atoms with van der Waals surface area (Å²) in [5, 5.41) is 91.5. The maximum Gasteiger partial charge on any atom is 1.00 e. The Morgan fingerprint density at radius 1 is 0.452 bits per heavy atom. The predicted molar refractivity (Wildman–Crippen MR) is 458 cm³/mol. The molecule has 0 aliphatic carbocycles.